The largest absolute Gasteiger partial charge is 0.351 e. The number of allylic oxidation sites excluding steroid dienone is 2. The number of para-hydroxylation sites is 1. The summed E-state index contributed by atoms with van der Waals surface area (Å²) in [6, 6.07) is 18.6. The van der Waals surface area contributed by atoms with Crippen LogP contribution in [0, 0.1) is 10.1 Å². The first kappa shape index (κ1) is 14.5. The maximum absolute atomic E-state index is 11.1. The van der Waals surface area contributed by atoms with Crippen LogP contribution >= 0.6 is 0 Å². The summed E-state index contributed by atoms with van der Waals surface area (Å²) in [4.78, 5) is 12.7. The number of rotatable bonds is 5. The smallest absolute Gasteiger partial charge is 0.276 e. The third-order valence-electron chi connectivity index (χ3n) is 2.99. The second kappa shape index (κ2) is 7.05. The molecule has 0 heterocycles. The number of benzene rings is 2. The normalized spacial score (nSPS) is 11.6. The molecule has 0 aliphatic carbocycles. The molecule has 0 bridgehead atoms. The van der Waals surface area contributed by atoms with E-state index in [0.29, 0.717) is 5.56 Å². The van der Waals surface area contributed by atoms with Gasteiger partial charge in [0.25, 0.3) is 5.70 Å². The number of hydrogen-bond acceptors (Lipinski definition) is 3. The fourth-order valence-corrected chi connectivity index (χ4v) is 1.88. The average Bonchev–Trinajstić information content (AvgIpc) is 2.52. The highest BCUT2D eigenvalue weighted by Crippen LogP contribution is 2.15. The van der Waals surface area contributed by atoms with Gasteiger partial charge in [0.1, 0.15) is 0 Å². The second-order valence-electron chi connectivity index (χ2n) is 4.46. The van der Waals surface area contributed by atoms with Crippen molar-refractivity contribution in [2.75, 3.05) is 11.9 Å². The number of anilines is 1. The maximum atomic E-state index is 11.1. The quantitative estimate of drug-likeness (QED) is 0.473. The van der Waals surface area contributed by atoms with Gasteiger partial charge in [-0.1, -0.05) is 36.4 Å². The Morgan fingerprint density at radius 2 is 1.62 bits per heavy atom. The molecular formula is C17H16N2O2. The Morgan fingerprint density at radius 1 is 1.05 bits per heavy atom. The molecule has 0 atom stereocenters. The number of hydrogen-bond donors (Lipinski definition) is 0. The summed E-state index contributed by atoms with van der Waals surface area (Å²) in [6.07, 6.45) is 4.98. The molecule has 2 rings (SSSR count). The van der Waals surface area contributed by atoms with E-state index in [1.165, 1.54) is 6.08 Å². The van der Waals surface area contributed by atoms with Crippen molar-refractivity contribution in [2.24, 2.45) is 0 Å². The van der Waals surface area contributed by atoms with Crippen LogP contribution < -0.4 is 4.90 Å². The van der Waals surface area contributed by atoms with Crippen LogP contribution in [-0.2, 0) is 0 Å². The Bertz CT molecular complexity index is 649. The minimum absolute atomic E-state index is 0.0771. The fraction of sp³-hybridized carbons (Fsp3) is 0.0588. The van der Waals surface area contributed by atoms with Crippen molar-refractivity contribution in [3.05, 3.63) is 94.7 Å². The Morgan fingerprint density at radius 3 is 2.19 bits per heavy atom. The van der Waals surface area contributed by atoms with Crippen LogP contribution in [0.25, 0.3) is 5.70 Å². The lowest BCUT2D eigenvalue weighted by Gasteiger charge is -2.12. The molecule has 4 heteroatoms. The molecule has 0 amide bonds. The summed E-state index contributed by atoms with van der Waals surface area (Å²) in [5, 5.41) is 11.1. The Kier molecular flexibility index (Phi) is 4.88. The molecular weight excluding hydrogens is 264 g/mol. The van der Waals surface area contributed by atoms with Crippen LogP contribution in [0.4, 0.5) is 5.69 Å². The zero-order valence-corrected chi connectivity index (χ0v) is 11.7. The third-order valence-corrected chi connectivity index (χ3v) is 2.99. The predicted octanol–water partition coefficient (Wildman–Crippen LogP) is 3.95. The average molecular weight is 280 g/mol. The van der Waals surface area contributed by atoms with Crippen LogP contribution in [0.3, 0.4) is 0 Å². The molecule has 0 radical (unpaired) electrons. The lowest BCUT2D eigenvalue weighted by molar-refractivity contribution is -0.375. The third kappa shape index (κ3) is 4.04. The molecule has 2 aromatic carbocycles. The van der Waals surface area contributed by atoms with Gasteiger partial charge in [0.15, 0.2) is 0 Å². The van der Waals surface area contributed by atoms with E-state index in [-0.39, 0.29) is 10.6 Å². The molecule has 0 aliphatic rings. The van der Waals surface area contributed by atoms with E-state index in [0.717, 1.165) is 5.69 Å². The van der Waals surface area contributed by atoms with Gasteiger partial charge in [-0.15, -0.1) is 0 Å². The van der Waals surface area contributed by atoms with Crippen LogP contribution in [0.5, 0.6) is 0 Å². The van der Waals surface area contributed by atoms with Crippen molar-refractivity contribution in [3.63, 3.8) is 0 Å². The monoisotopic (exact) mass is 280 g/mol. The van der Waals surface area contributed by atoms with Gasteiger partial charge < -0.3 is 4.90 Å². The Balaban J connectivity index is 2.17. The van der Waals surface area contributed by atoms with Crippen molar-refractivity contribution >= 4 is 11.4 Å². The first-order chi connectivity index (χ1) is 10.2. The van der Waals surface area contributed by atoms with E-state index in [2.05, 4.69) is 0 Å². The SMILES string of the molecule is CN(/C=C/C=C(/c1ccccc1)[N+](=O)[O-])c1ccccc1. The van der Waals surface area contributed by atoms with Crippen molar-refractivity contribution in [1.29, 1.82) is 0 Å². The Hall–Kier alpha value is -2.88. The molecule has 0 spiro atoms. The summed E-state index contributed by atoms with van der Waals surface area (Å²) in [5.74, 6) is 0. The van der Waals surface area contributed by atoms with Crippen LogP contribution in [0.15, 0.2) is 79.0 Å². The zero-order chi connectivity index (χ0) is 15.1. The van der Waals surface area contributed by atoms with Crippen molar-refractivity contribution < 1.29 is 4.92 Å². The van der Waals surface area contributed by atoms with Gasteiger partial charge in [0, 0.05) is 25.0 Å². The lowest BCUT2D eigenvalue weighted by Crippen LogP contribution is -2.07. The van der Waals surface area contributed by atoms with Crippen molar-refractivity contribution in [1.82, 2.24) is 0 Å². The van der Waals surface area contributed by atoms with Gasteiger partial charge in [0.05, 0.1) is 10.5 Å². The summed E-state index contributed by atoms with van der Waals surface area (Å²) in [5.41, 5.74) is 1.69. The first-order valence-electron chi connectivity index (χ1n) is 6.54. The molecule has 2 aromatic rings. The van der Waals surface area contributed by atoms with Gasteiger partial charge in [0.2, 0.25) is 0 Å². The topological polar surface area (TPSA) is 46.4 Å². The van der Waals surface area contributed by atoms with E-state index in [4.69, 9.17) is 0 Å². The van der Waals surface area contributed by atoms with Crippen molar-refractivity contribution in [2.45, 2.75) is 0 Å². The van der Waals surface area contributed by atoms with Gasteiger partial charge in [-0.05, 0) is 30.3 Å². The second-order valence-corrected chi connectivity index (χ2v) is 4.46. The van der Waals surface area contributed by atoms with Gasteiger partial charge in [-0.25, -0.2) is 0 Å². The minimum atomic E-state index is -0.373. The molecule has 0 N–H and O–H groups in total. The highest BCUT2D eigenvalue weighted by atomic mass is 16.6. The molecule has 106 valence electrons. The summed E-state index contributed by atoms with van der Waals surface area (Å²) < 4.78 is 0. The number of nitro groups is 1. The fourth-order valence-electron chi connectivity index (χ4n) is 1.88. The molecule has 0 fully saturated rings. The standard InChI is InChI=1S/C17H16N2O2/c1-18(16-11-6-3-7-12-16)14-8-13-17(19(20)21)15-9-4-2-5-10-15/h2-14H,1H3/b14-8+,17-13-. The van der Waals surface area contributed by atoms with Crippen LogP contribution in [0.1, 0.15) is 5.56 Å². The van der Waals surface area contributed by atoms with E-state index in [1.54, 1.807) is 36.5 Å². The van der Waals surface area contributed by atoms with Gasteiger partial charge >= 0.3 is 0 Å². The molecule has 21 heavy (non-hydrogen) atoms. The molecule has 0 aromatic heterocycles. The summed E-state index contributed by atoms with van der Waals surface area (Å²) in [6.45, 7) is 0. The first-order valence-corrected chi connectivity index (χ1v) is 6.54. The van der Waals surface area contributed by atoms with Gasteiger partial charge in [-0.3, -0.25) is 10.1 Å². The van der Waals surface area contributed by atoms with E-state index in [1.807, 2.05) is 48.3 Å². The molecule has 0 aliphatic heterocycles. The zero-order valence-electron chi connectivity index (χ0n) is 11.7. The summed E-state index contributed by atoms with van der Waals surface area (Å²) >= 11 is 0. The lowest BCUT2D eigenvalue weighted by atomic mass is 10.1. The van der Waals surface area contributed by atoms with Crippen LogP contribution in [0.2, 0.25) is 0 Å². The van der Waals surface area contributed by atoms with E-state index < -0.39 is 0 Å². The number of nitrogens with zero attached hydrogens (tertiary/aromatic N) is 2. The molecule has 0 unspecified atom stereocenters. The van der Waals surface area contributed by atoms with Crippen molar-refractivity contribution in [3.8, 4) is 0 Å². The highest BCUT2D eigenvalue weighted by molar-refractivity contribution is 5.60. The highest BCUT2D eigenvalue weighted by Gasteiger charge is 2.11. The molecule has 4 nitrogen and oxygen atoms in total. The molecule has 0 saturated carbocycles. The van der Waals surface area contributed by atoms with E-state index >= 15 is 0 Å². The summed E-state index contributed by atoms with van der Waals surface area (Å²) in [7, 11) is 1.90. The molecule has 0 saturated heterocycles. The predicted molar refractivity (Wildman–Crippen MR) is 85.4 cm³/mol. The van der Waals surface area contributed by atoms with Crippen LogP contribution in [-0.4, -0.2) is 12.0 Å². The van der Waals surface area contributed by atoms with Gasteiger partial charge in [-0.2, -0.15) is 0 Å². The maximum Gasteiger partial charge on any atom is 0.276 e. The minimum Gasteiger partial charge on any atom is -0.351 e. The Labute approximate surface area is 123 Å². The van der Waals surface area contributed by atoms with E-state index in [9.17, 15) is 10.1 Å².